The van der Waals surface area contributed by atoms with Crippen LogP contribution in [-0.2, 0) is 0 Å². The SMILES string of the molecule is Cc1ccc(N(c2ccccc2)c2ccccc2)cc1-c1cc(-c2ccccc2)cc(-c2cc(N(c3ccccc3)c3ccccc3)ccc2C)c1. The highest BCUT2D eigenvalue weighted by Gasteiger charge is 2.18. The molecule has 0 aromatic heterocycles. The van der Waals surface area contributed by atoms with Crippen LogP contribution < -0.4 is 9.80 Å². The Hall–Kier alpha value is -6.64. The molecule has 0 bridgehead atoms. The van der Waals surface area contributed by atoms with E-state index >= 15 is 0 Å². The molecule has 8 aromatic rings. The third-order valence-corrected chi connectivity index (χ3v) is 9.68. The number of para-hydroxylation sites is 4. The van der Waals surface area contributed by atoms with Gasteiger partial charge in [-0.15, -0.1) is 0 Å². The van der Waals surface area contributed by atoms with Crippen molar-refractivity contribution >= 4 is 34.1 Å². The molecule has 250 valence electrons. The highest BCUT2D eigenvalue weighted by molar-refractivity contribution is 5.88. The molecule has 0 amide bonds. The minimum absolute atomic E-state index is 1.12. The van der Waals surface area contributed by atoms with E-state index < -0.39 is 0 Å². The van der Waals surface area contributed by atoms with Gasteiger partial charge in [-0.2, -0.15) is 0 Å². The number of rotatable bonds is 9. The van der Waals surface area contributed by atoms with Gasteiger partial charge in [0.1, 0.15) is 0 Å². The molecule has 0 saturated carbocycles. The Bertz CT molecular complexity index is 2180. The molecule has 0 unspecified atom stereocenters. The first-order valence-electron chi connectivity index (χ1n) is 17.9. The van der Waals surface area contributed by atoms with Crippen LogP contribution in [-0.4, -0.2) is 0 Å². The molecular weight excluding hydrogens is 629 g/mol. The summed E-state index contributed by atoms with van der Waals surface area (Å²) in [5.41, 5.74) is 16.3. The van der Waals surface area contributed by atoms with Crippen LogP contribution in [0.1, 0.15) is 11.1 Å². The summed E-state index contributed by atoms with van der Waals surface area (Å²) in [6, 6.07) is 73.9. The topological polar surface area (TPSA) is 6.48 Å². The summed E-state index contributed by atoms with van der Waals surface area (Å²) in [6.07, 6.45) is 0. The smallest absolute Gasteiger partial charge is 0.0467 e. The molecule has 52 heavy (non-hydrogen) atoms. The number of hydrogen-bond acceptors (Lipinski definition) is 2. The highest BCUT2D eigenvalue weighted by Crippen LogP contribution is 2.42. The number of hydrogen-bond donors (Lipinski definition) is 0. The van der Waals surface area contributed by atoms with Crippen LogP contribution in [0.4, 0.5) is 34.1 Å². The van der Waals surface area contributed by atoms with Gasteiger partial charge in [0.2, 0.25) is 0 Å². The summed E-state index contributed by atoms with van der Waals surface area (Å²) in [5.74, 6) is 0. The molecule has 0 N–H and O–H groups in total. The zero-order chi connectivity index (χ0) is 35.3. The Kier molecular flexibility index (Phi) is 9.19. The molecule has 0 radical (unpaired) electrons. The van der Waals surface area contributed by atoms with E-state index in [1.165, 1.54) is 44.5 Å². The average Bonchev–Trinajstić information content (AvgIpc) is 3.21. The molecule has 0 aliphatic heterocycles. The van der Waals surface area contributed by atoms with E-state index in [1.807, 2.05) is 0 Å². The molecular formula is C50H40N2. The van der Waals surface area contributed by atoms with E-state index in [2.05, 4.69) is 230 Å². The minimum Gasteiger partial charge on any atom is -0.310 e. The molecule has 0 heterocycles. The molecule has 0 atom stereocenters. The lowest BCUT2D eigenvalue weighted by Gasteiger charge is -2.27. The monoisotopic (exact) mass is 668 g/mol. The number of anilines is 6. The molecule has 0 aliphatic carbocycles. The third kappa shape index (κ3) is 6.75. The molecule has 8 aromatic carbocycles. The normalized spacial score (nSPS) is 10.9. The standard InChI is InChI=1S/C50H40N2/c1-37-28-30-47(51(43-20-10-4-11-21-43)44-22-12-5-13-23-44)35-49(37)41-32-40(39-18-8-3-9-19-39)33-42(34-41)50-36-48(31-29-38(50)2)52(45-24-14-6-15-25-45)46-26-16-7-17-27-46/h3-36H,1-2H3. The number of nitrogens with zero attached hydrogens (tertiary/aromatic N) is 2. The fourth-order valence-corrected chi connectivity index (χ4v) is 7.06. The van der Waals surface area contributed by atoms with Gasteiger partial charge in [-0.25, -0.2) is 0 Å². The van der Waals surface area contributed by atoms with Crippen LogP contribution >= 0.6 is 0 Å². The molecule has 2 nitrogen and oxygen atoms in total. The van der Waals surface area contributed by atoms with Gasteiger partial charge in [0.25, 0.3) is 0 Å². The van der Waals surface area contributed by atoms with Gasteiger partial charge in [-0.05, 0) is 149 Å². The predicted octanol–water partition coefficient (Wildman–Crippen LogP) is 14.2. The van der Waals surface area contributed by atoms with E-state index in [9.17, 15) is 0 Å². The van der Waals surface area contributed by atoms with E-state index in [-0.39, 0.29) is 0 Å². The lowest BCUT2D eigenvalue weighted by molar-refractivity contribution is 1.27. The molecule has 0 fully saturated rings. The van der Waals surface area contributed by atoms with Gasteiger partial charge in [0, 0.05) is 34.1 Å². The van der Waals surface area contributed by atoms with Crippen molar-refractivity contribution in [3.63, 3.8) is 0 Å². The van der Waals surface area contributed by atoms with Crippen LogP contribution in [0.25, 0.3) is 33.4 Å². The van der Waals surface area contributed by atoms with Crippen LogP contribution in [0.3, 0.4) is 0 Å². The lowest BCUT2D eigenvalue weighted by atomic mass is 9.90. The van der Waals surface area contributed by atoms with Gasteiger partial charge < -0.3 is 9.80 Å². The average molecular weight is 669 g/mol. The molecule has 0 saturated heterocycles. The van der Waals surface area contributed by atoms with Crippen molar-refractivity contribution in [3.8, 4) is 33.4 Å². The summed E-state index contributed by atoms with van der Waals surface area (Å²) in [4.78, 5) is 4.67. The van der Waals surface area contributed by atoms with Gasteiger partial charge in [0.05, 0.1) is 0 Å². The van der Waals surface area contributed by atoms with Gasteiger partial charge in [-0.1, -0.05) is 115 Å². The third-order valence-electron chi connectivity index (χ3n) is 9.68. The van der Waals surface area contributed by atoms with Gasteiger partial charge >= 0.3 is 0 Å². The molecule has 0 spiro atoms. The maximum absolute atomic E-state index is 2.37. The zero-order valence-electron chi connectivity index (χ0n) is 29.5. The van der Waals surface area contributed by atoms with E-state index in [1.54, 1.807) is 0 Å². The Morgan fingerprint density at radius 3 is 0.904 bits per heavy atom. The van der Waals surface area contributed by atoms with E-state index in [0.717, 1.165) is 34.1 Å². The fraction of sp³-hybridized carbons (Fsp3) is 0.0400. The highest BCUT2D eigenvalue weighted by atomic mass is 15.1. The number of benzene rings is 8. The Labute approximate surface area is 307 Å². The summed E-state index contributed by atoms with van der Waals surface area (Å²) in [5, 5.41) is 0. The first-order chi connectivity index (χ1) is 25.6. The second-order valence-corrected chi connectivity index (χ2v) is 13.2. The minimum atomic E-state index is 1.12. The summed E-state index contributed by atoms with van der Waals surface area (Å²) in [7, 11) is 0. The largest absolute Gasteiger partial charge is 0.310 e. The van der Waals surface area contributed by atoms with Crippen molar-refractivity contribution in [2.75, 3.05) is 9.80 Å². The Morgan fingerprint density at radius 1 is 0.250 bits per heavy atom. The van der Waals surface area contributed by atoms with Gasteiger partial charge in [-0.3, -0.25) is 0 Å². The maximum atomic E-state index is 2.37. The summed E-state index contributed by atoms with van der Waals surface area (Å²) in [6.45, 7) is 4.43. The quantitative estimate of drug-likeness (QED) is 0.151. The van der Waals surface area contributed by atoms with Crippen molar-refractivity contribution in [1.29, 1.82) is 0 Å². The van der Waals surface area contributed by atoms with Crippen molar-refractivity contribution in [1.82, 2.24) is 0 Å². The van der Waals surface area contributed by atoms with Crippen molar-refractivity contribution in [2.24, 2.45) is 0 Å². The van der Waals surface area contributed by atoms with E-state index in [4.69, 9.17) is 0 Å². The summed E-state index contributed by atoms with van der Waals surface area (Å²) >= 11 is 0. The van der Waals surface area contributed by atoms with Crippen LogP contribution in [0.15, 0.2) is 206 Å². The second kappa shape index (κ2) is 14.7. The van der Waals surface area contributed by atoms with Crippen molar-refractivity contribution in [2.45, 2.75) is 13.8 Å². The molecule has 2 heteroatoms. The zero-order valence-corrected chi connectivity index (χ0v) is 29.5. The van der Waals surface area contributed by atoms with Crippen LogP contribution in [0.2, 0.25) is 0 Å². The Morgan fingerprint density at radius 2 is 0.558 bits per heavy atom. The fourth-order valence-electron chi connectivity index (χ4n) is 7.06. The summed E-state index contributed by atoms with van der Waals surface area (Å²) < 4.78 is 0. The number of aryl methyl sites for hydroxylation is 2. The Balaban J connectivity index is 1.30. The predicted molar refractivity (Wildman–Crippen MR) is 222 cm³/mol. The van der Waals surface area contributed by atoms with Crippen molar-refractivity contribution in [3.05, 3.63) is 217 Å². The van der Waals surface area contributed by atoms with Crippen LogP contribution in [0, 0.1) is 13.8 Å². The molecule has 0 aliphatic rings. The van der Waals surface area contributed by atoms with Crippen molar-refractivity contribution < 1.29 is 0 Å². The maximum Gasteiger partial charge on any atom is 0.0467 e. The lowest BCUT2D eigenvalue weighted by Crippen LogP contribution is -2.10. The van der Waals surface area contributed by atoms with Crippen LogP contribution in [0.5, 0.6) is 0 Å². The first kappa shape index (κ1) is 32.6. The van der Waals surface area contributed by atoms with Gasteiger partial charge in [0.15, 0.2) is 0 Å². The second-order valence-electron chi connectivity index (χ2n) is 13.2. The first-order valence-corrected chi connectivity index (χ1v) is 17.9. The van der Waals surface area contributed by atoms with E-state index in [0.29, 0.717) is 0 Å². The molecule has 8 rings (SSSR count).